The predicted molar refractivity (Wildman–Crippen MR) is 117 cm³/mol. The first-order chi connectivity index (χ1) is 15.4. The molecular formula is C23H21F3N2O4S. The minimum atomic E-state index is -4.42. The van der Waals surface area contributed by atoms with Gasteiger partial charge < -0.3 is 15.2 Å². The number of nitrogens with zero attached hydrogens (tertiary/aromatic N) is 1. The number of aliphatic carboxylic acids is 1. The molecule has 10 heteroatoms. The Bertz CT molecular complexity index is 1150. The highest BCUT2D eigenvalue weighted by molar-refractivity contribution is 7.17. The maximum atomic E-state index is 12.8. The van der Waals surface area contributed by atoms with E-state index in [-0.39, 0.29) is 12.5 Å². The lowest BCUT2D eigenvalue weighted by molar-refractivity contribution is -0.152. The van der Waals surface area contributed by atoms with Crippen molar-refractivity contribution in [1.29, 1.82) is 0 Å². The fourth-order valence-electron chi connectivity index (χ4n) is 2.81. The van der Waals surface area contributed by atoms with Gasteiger partial charge in [-0.15, -0.1) is 11.3 Å². The summed E-state index contributed by atoms with van der Waals surface area (Å²) in [4.78, 5) is 28.5. The summed E-state index contributed by atoms with van der Waals surface area (Å²) in [6, 6.07) is 11.3. The van der Waals surface area contributed by atoms with E-state index in [4.69, 9.17) is 9.84 Å². The highest BCUT2D eigenvalue weighted by Gasteiger charge is 2.30. The zero-order valence-electron chi connectivity index (χ0n) is 18.0. The van der Waals surface area contributed by atoms with Gasteiger partial charge in [-0.2, -0.15) is 13.2 Å². The Kier molecular flexibility index (Phi) is 6.78. The lowest BCUT2D eigenvalue weighted by Crippen LogP contribution is -2.37. The minimum Gasteiger partial charge on any atom is -0.478 e. The molecule has 2 aromatic carbocycles. The van der Waals surface area contributed by atoms with Crippen LogP contribution in [0.25, 0.3) is 10.6 Å². The lowest BCUT2D eigenvalue weighted by atomic mass is 10.1. The van der Waals surface area contributed by atoms with Crippen LogP contribution in [-0.2, 0) is 17.5 Å². The molecule has 1 heterocycles. The number of hydrogen-bond acceptors (Lipinski definition) is 5. The van der Waals surface area contributed by atoms with Gasteiger partial charge in [-0.3, -0.25) is 4.79 Å². The van der Waals surface area contributed by atoms with Crippen LogP contribution in [0, 0.1) is 6.92 Å². The third kappa shape index (κ3) is 5.89. The molecule has 0 spiro atoms. The molecule has 3 aromatic rings. The topological polar surface area (TPSA) is 88.5 Å². The summed E-state index contributed by atoms with van der Waals surface area (Å²) in [5.74, 6) is -1.05. The van der Waals surface area contributed by atoms with E-state index in [1.807, 2.05) is 0 Å². The second-order valence-electron chi connectivity index (χ2n) is 7.75. The first-order valence-electron chi connectivity index (χ1n) is 9.81. The Morgan fingerprint density at radius 3 is 2.21 bits per heavy atom. The summed E-state index contributed by atoms with van der Waals surface area (Å²) in [5, 5.41) is 12.4. The van der Waals surface area contributed by atoms with Gasteiger partial charge >= 0.3 is 12.1 Å². The molecule has 1 amide bonds. The van der Waals surface area contributed by atoms with E-state index in [1.165, 1.54) is 26.0 Å². The molecule has 0 aliphatic rings. The maximum absolute atomic E-state index is 12.8. The first-order valence-corrected chi connectivity index (χ1v) is 10.6. The number of rotatable bonds is 7. The van der Waals surface area contributed by atoms with Crippen molar-refractivity contribution in [2.45, 2.75) is 39.1 Å². The number of carboxylic acid groups (broad SMARTS) is 1. The number of amides is 1. The number of ether oxygens (including phenoxy) is 1. The molecule has 0 radical (unpaired) electrons. The highest BCUT2D eigenvalue weighted by Crippen LogP contribution is 2.33. The number of carbonyl (C=O) groups is 2. The van der Waals surface area contributed by atoms with Crippen LogP contribution in [0.1, 0.15) is 40.3 Å². The van der Waals surface area contributed by atoms with Crippen molar-refractivity contribution >= 4 is 23.2 Å². The number of halogens is 3. The van der Waals surface area contributed by atoms with Crippen molar-refractivity contribution in [2.75, 3.05) is 0 Å². The number of hydrogen-bond donors (Lipinski definition) is 2. The molecule has 6 nitrogen and oxygen atoms in total. The molecule has 2 N–H and O–H groups in total. The molecule has 0 atom stereocenters. The molecule has 0 aliphatic heterocycles. The third-order valence-corrected chi connectivity index (χ3v) is 5.93. The molecule has 0 saturated carbocycles. The molecule has 0 unspecified atom stereocenters. The number of nitrogens with one attached hydrogen (secondary N) is 1. The second-order valence-corrected chi connectivity index (χ2v) is 8.75. The van der Waals surface area contributed by atoms with Crippen LogP contribution < -0.4 is 10.1 Å². The fourth-order valence-corrected chi connectivity index (χ4v) is 3.80. The third-order valence-electron chi connectivity index (χ3n) is 4.73. The summed E-state index contributed by atoms with van der Waals surface area (Å²) >= 11 is 1.10. The molecule has 0 saturated heterocycles. The van der Waals surface area contributed by atoms with E-state index in [0.29, 0.717) is 26.9 Å². The van der Waals surface area contributed by atoms with Crippen LogP contribution in [0.15, 0.2) is 48.5 Å². The van der Waals surface area contributed by atoms with E-state index in [1.54, 1.807) is 31.2 Å². The monoisotopic (exact) mass is 478 g/mol. The molecule has 1 aromatic heterocycles. The lowest BCUT2D eigenvalue weighted by Gasteiger charge is -2.21. The fraction of sp³-hybridized carbons (Fsp3) is 0.261. The van der Waals surface area contributed by atoms with Crippen LogP contribution in [0.2, 0.25) is 0 Å². The minimum absolute atomic E-state index is 0.217. The van der Waals surface area contributed by atoms with Gasteiger partial charge in [0.2, 0.25) is 0 Å². The molecule has 0 aliphatic carbocycles. The van der Waals surface area contributed by atoms with Gasteiger partial charge in [-0.1, -0.05) is 24.3 Å². The first kappa shape index (κ1) is 24.2. The van der Waals surface area contributed by atoms with Crippen LogP contribution in [-0.4, -0.2) is 27.6 Å². The number of alkyl halides is 3. The Morgan fingerprint density at radius 2 is 1.67 bits per heavy atom. The standard InChI is InChI=1S/C23H21F3N2O4S/c1-13-18(33-20(28-13)15-6-8-16(9-7-15)23(24,25)26)19(29)27-12-14-4-10-17(11-5-14)32-22(2,3)21(30)31/h4-11H,12H2,1-3H3,(H,27,29)(H,30,31). The van der Waals surface area contributed by atoms with E-state index in [0.717, 1.165) is 29.0 Å². The Balaban J connectivity index is 1.64. The van der Waals surface area contributed by atoms with Gasteiger partial charge in [0.15, 0.2) is 5.60 Å². The summed E-state index contributed by atoms with van der Waals surface area (Å²) in [6.07, 6.45) is -4.42. The second kappa shape index (κ2) is 9.22. The van der Waals surface area contributed by atoms with Gasteiger partial charge in [-0.25, -0.2) is 9.78 Å². The van der Waals surface area contributed by atoms with Crippen molar-refractivity contribution in [3.63, 3.8) is 0 Å². The molecule has 0 fully saturated rings. The number of aryl methyl sites for hydroxylation is 1. The summed E-state index contributed by atoms with van der Waals surface area (Å²) in [7, 11) is 0. The summed E-state index contributed by atoms with van der Waals surface area (Å²) < 4.78 is 43.7. The Morgan fingerprint density at radius 1 is 1.06 bits per heavy atom. The van der Waals surface area contributed by atoms with Gasteiger partial charge in [0.1, 0.15) is 15.6 Å². The van der Waals surface area contributed by atoms with Crippen molar-refractivity contribution in [1.82, 2.24) is 10.3 Å². The van der Waals surface area contributed by atoms with Gasteiger partial charge in [0.25, 0.3) is 5.91 Å². The number of thiazole rings is 1. The van der Waals surface area contributed by atoms with Crippen molar-refractivity contribution < 1.29 is 32.6 Å². The van der Waals surface area contributed by atoms with E-state index >= 15 is 0 Å². The maximum Gasteiger partial charge on any atom is 0.416 e. The predicted octanol–water partition coefficient (Wildman–Crippen LogP) is 5.31. The average molecular weight is 478 g/mol. The van der Waals surface area contributed by atoms with Gasteiger partial charge in [0, 0.05) is 12.1 Å². The number of carboxylic acids is 1. The summed E-state index contributed by atoms with van der Waals surface area (Å²) in [6.45, 7) is 4.77. The Labute approximate surface area is 192 Å². The van der Waals surface area contributed by atoms with Crippen molar-refractivity contribution in [3.8, 4) is 16.3 Å². The van der Waals surface area contributed by atoms with Crippen LogP contribution in [0.5, 0.6) is 5.75 Å². The number of aromatic nitrogens is 1. The largest absolute Gasteiger partial charge is 0.478 e. The number of carbonyl (C=O) groups excluding carboxylic acids is 1. The molecule has 33 heavy (non-hydrogen) atoms. The van der Waals surface area contributed by atoms with Crippen LogP contribution in [0.4, 0.5) is 13.2 Å². The Hall–Kier alpha value is -3.40. The molecular weight excluding hydrogens is 457 g/mol. The van der Waals surface area contributed by atoms with Crippen LogP contribution in [0.3, 0.4) is 0 Å². The zero-order valence-corrected chi connectivity index (χ0v) is 18.8. The average Bonchev–Trinajstić information content (AvgIpc) is 3.14. The van der Waals surface area contributed by atoms with E-state index in [2.05, 4.69) is 10.3 Å². The van der Waals surface area contributed by atoms with Crippen molar-refractivity contribution in [3.05, 3.63) is 70.2 Å². The van der Waals surface area contributed by atoms with E-state index < -0.39 is 23.3 Å². The highest BCUT2D eigenvalue weighted by atomic mass is 32.1. The van der Waals surface area contributed by atoms with E-state index in [9.17, 15) is 22.8 Å². The smallest absolute Gasteiger partial charge is 0.416 e. The van der Waals surface area contributed by atoms with Crippen molar-refractivity contribution in [2.24, 2.45) is 0 Å². The quantitative estimate of drug-likeness (QED) is 0.481. The van der Waals surface area contributed by atoms with Gasteiger partial charge in [-0.05, 0) is 50.6 Å². The zero-order chi connectivity index (χ0) is 24.4. The van der Waals surface area contributed by atoms with Gasteiger partial charge in [0.05, 0.1) is 11.3 Å². The molecule has 3 rings (SSSR count). The summed E-state index contributed by atoms with van der Waals surface area (Å²) in [5.41, 5.74) is -0.374. The molecule has 174 valence electrons. The normalized spacial score (nSPS) is 11.8. The SMILES string of the molecule is Cc1nc(-c2ccc(C(F)(F)F)cc2)sc1C(=O)NCc1ccc(OC(C)(C)C(=O)O)cc1. The van der Waals surface area contributed by atoms with Crippen LogP contribution >= 0.6 is 11.3 Å². The number of benzene rings is 2. The molecule has 0 bridgehead atoms.